The van der Waals surface area contributed by atoms with Crippen molar-refractivity contribution in [3.8, 4) is 5.75 Å². The summed E-state index contributed by atoms with van der Waals surface area (Å²) in [4.78, 5) is 39.7. The van der Waals surface area contributed by atoms with Crippen LogP contribution < -0.4 is 15.4 Å². The first-order chi connectivity index (χ1) is 19.4. The summed E-state index contributed by atoms with van der Waals surface area (Å²) in [6.07, 6.45) is 1.60. The van der Waals surface area contributed by atoms with Gasteiger partial charge in [-0.15, -0.1) is 11.8 Å². The minimum Gasteiger partial charge on any atom is -0.494 e. The van der Waals surface area contributed by atoms with E-state index in [0.29, 0.717) is 39.8 Å². The molecule has 0 aliphatic carbocycles. The Bertz CT molecular complexity index is 1520. The van der Waals surface area contributed by atoms with Gasteiger partial charge in [0.05, 0.1) is 17.4 Å². The quantitative estimate of drug-likeness (QED) is 0.114. The van der Waals surface area contributed by atoms with Crippen LogP contribution in [-0.4, -0.2) is 30.0 Å². The van der Waals surface area contributed by atoms with Crippen molar-refractivity contribution in [2.24, 2.45) is 0 Å². The van der Waals surface area contributed by atoms with Crippen LogP contribution in [0.3, 0.4) is 0 Å². The Hall–Kier alpha value is -4.33. The van der Waals surface area contributed by atoms with Crippen LogP contribution in [0.4, 0.5) is 5.69 Å². The summed E-state index contributed by atoms with van der Waals surface area (Å²) >= 11 is 7.49. The van der Waals surface area contributed by atoms with Gasteiger partial charge in [-0.1, -0.05) is 60.1 Å². The van der Waals surface area contributed by atoms with Gasteiger partial charge in [0.1, 0.15) is 11.4 Å². The predicted octanol–water partition coefficient (Wildman–Crippen LogP) is 7.12. The van der Waals surface area contributed by atoms with E-state index in [1.54, 1.807) is 97.1 Å². The first kappa shape index (κ1) is 28.7. The van der Waals surface area contributed by atoms with E-state index in [0.717, 1.165) is 4.90 Å². The maximum atomic E-state index is 13.4. The molecule has 0 spiro atoms. The van der Waals surface area contributed by atoms with Gasteiger partial charge in [-0.05, 0) is 73.2 Å². The average Bonchev–Trinajstić information content (AvgIpc) is 2.97. The standard InChI is InChI=1S/C32H27ClN2O4S/c1-2-39-25-17-15-22(16-18-25)19-29(35-31(37)23-9-4-3-5-10-23)32(38)34-24-11-8-12-26(20-24)40-21-30(36)27-13-6-7-14-28(27)33/h3-20H,2,21H2,1H3,(H,34,38)(H,35,37)/b29-19-. The average molecular weight is 571 g/mol. The number of hydrogen-bond acceptors (Lipinski definition) is 5. The number of ether oxygens (including phenoxy) is 1. The molecule has 0 aliphatic heterocycles. The van der Waals surface area contributed by atoms with Gasteiger partial charge in [0.25, 0.3) is 11.8 Å². The molecule has 0 saturated heterocycles. The van der Waals surface area contributed by atoms with Crippen LogP contribution in [0.2, 0.25) is 5.02 Å². The highest BCUT2D eigenvalue weighted by molar-refractivity contribution is 8.00. The summed E-state index contributed by atoms with van der Waals surface area (Å²) in [5.41, 5.74) is 2.20. The molecule has 0 saturated carbocycles. The molecule has 2 amide bonds. The van der Waals surface area contributed by atoms with Crippen LogP contribution in [0.25, 0.3) is 6.08 Å². The van der Waals surface area contributed by atoms with Crippen molar-refractivity contribution in [2.75, 3.05) is 17.7 Å². The van der Waals surface area contributed by atoms with E-state index in [4.69, 9.17) is 16.3 Å². The van der Waals surface area contributed by atoms with E-state index < -0.39 is 11.8 Å². The fraction of sp³-hybridized carbons (Fsp3) is 0.0938. The molecular formula is C32H27ClN2O4S. The van der Waals surface area contributed by atoms with Crippen molar-refractivity contribution in [2.45, 2.75) is 11.8 Å². The molecule has 0 radical (unpaired) electrons. The van der Waals surface area contributed by atoms with E-state index in [9.17, 15) is 14.4 Å². The first-order valence-corrected chi connectivity index (χ1v) is 13.9. The highest BCUT2D eigenvalue weighted by atomic mass is 35.5. The first-order valence-electron chi connectivity index (χ1n) is 12.6. The zero-order chi connectivity index (χ0) is 28.3. The van der Waals surface area contributed by atoms with Crippen molar-refractivity contribution in [3.05, 3.63) is 131 Å². The Kier molecular flexibility index (Phi) is 10.2. The normalized spacial score (nSPS) is 11.0. The van der Waals surface area contributed by atoms with Crippen LogP contribution in [0.1, 0.15) is 33.2 Å². The topological polar surface area (TPSA) is 84.5 Å². The van der Waals surface area contributed by atoms with Gasteiger partial charge in [-0.2, -0.15) is 0 Å². The summed E-state index contributed by atoms with van der Waals surface area (Å²) in [6, 6.07) is 30.0. The number of amides is 2. The van der Waals surface area contributed by atoms with Crippen LogP contribution in [0.5, 0.6) is 5.75 Å². The second-order valence-corrected chi connectivity index (χ2v) is 10.0. The molecule has 2 N–H and O–H groups in total. The fourth-order valence-corrected chi connectivity index (χ4v) is 4.79. The maximum Gasteiger partial charge on any atom is 0.272 e. The highest BCUT2D eigenvalue weighted by Crippen LogP contribution is 2.25. The van der Waals surface area contributed by atoms with Crippen molar-refractivity contribution < 1.29 is 19.1 Å². The Morgan fingerprint density at radius 2 is 1.60 bits per heavy atom. The summed E-state index contributed by atoms with van der Waals surface area (Å²) in [6.45, 7) is 2.45. The largest absolute Gasteiger partial charge is 0.494 e. The predicted molar refractivity (Wildman–Crippen MR) is 161 cm³/mol. The van der Waals surface area contributed by atoms with Gasteiger partial charge in [0.15, 0.2) is 5.78 Å². The van der Waals surface area contributed by atoms with Gasteiger partial charge in [-0.25, -0.2) is 0 Å². The molecule has 8 heteroatoms. The monoisotopic (exact) mass is 570 g/mol. The highest BCUT2D eigenvalue weighted by Gasteiger charge is 2.16. The SMILES string of the molecule is CCOc1ccc(/C=C(\NC(=O)c2ccccc2)C(=O)Nc2cccc(SCC(=O)c3ccccc3Cl)c2)cc1. The molecule has 0 aliphatic rings. The van der Waals surface area contributed by atoms with Crippen molar-refractivity contribution in [3.63, 3.8) is 0 Å². The van der Waals surface area contributed by atoms with Crippen LogP contribution >= 0.6 is 23.4 Å². The van der Waals surface area contributed by atoms with Gasteiger partial charge >= 0.3 is 0 Å². The van der Waals surface area contributed by atoms with E-state index in [1.807, 2.05) is 19.1 Å². The molecule has 0 unspecified atom stereocenters. The van der Waals surface area contributed by atoms with Crippen LogP contribution in [-0.2, 0) is 4.79 Å². The molecule has 0 atom stereocenters. The molecular weight excluding hydrogens is 544 g/mol. The third kappa shape index (κ3) is 8.09. The maximum absolute atomic E-state index is 13.4. The van der Waals surface area contributed by atoms with Crippen molar-refractivity contribution in [1.29, 1.82) is 0 Å². The molecule has 0 fully saturated rings. The fourth-order valence-electron chi connectivity index (χ4n) is 3.71. The number of anilines is 1. The lowest BCUT2D eigenvalue weighted by atomic mass is 10.1. The third-order valence-corrected chi connectivity index (χ3v) is 6.99. The number of nitrogens with one attached hydrogen (secondary N) is 2. The summed E-state index contributed by atoms with van der Waals surface area (Å²) in [5, 5.41) is 6.01. The molecule has 0 aromatic heterocycles. The minimum atomic E-state index is -0.493. The lowest BCUT2D eigenvalue weighted by molar-refractivity contribution is -0.113. The van der Waals surface area contributed by atoms with E-state index in [-0.39, 0.29) is 17.2 Å². The number of carbonyl (C=O) groups excluding carboxylic acids is 3. The molecule has 4 aromatic rings. The lowest BCUT2D eigenvalue weighted by Gasteiger charge is -2.12. The number of halogens is 1. The Morgan fingerprint density at radius 3 is 2.33 bits per heavy atom. The van der Waals surface area contributed by atoms with Crippen molar-refractivity contribution >= 4 is 52.7 Å². The second-order valence-electron chi connectivity index (χ2n) is 8.55. The van der Waals surface area contributed by atoms with Crippen LogP contribution in [0, 0.1) is 0 Å². The Balaban J connectivity index is 1.50. The Labute approximate surface area is 242 Å². The smallest absolute Gasteiger partial charge is 0.272 e. The number of rotatable bonds is 11. The third-order valence-electron chi connectivity index (χ3n) is 5.67. The van der Waals surface area contributed by atoms with E-state index >= 15 is 0 Å². The molecule has 0 heterocycles. The van der Waals surface area contributed by atoms with Gasteiger partial charge in [0, 0.05) is 21.7 Å². The molecule has 6 nitrogen and oxygen atoms in total. The molecule has 202 valence electrons. The van der Waals surface area contributed by atoms with Gasteiger partial charge < -0.3 is 15.4 Å². The summed E-state index contributed by atoms with van der Waals surface area (Å²) in [7, 11) is 0. The number of carbonyl (C=O) groups is 3. The zero-order valence-electron chi connectivity index (χ0n) is 21.7. The Morgan fingerprint density at radius 1 is 0.875 bits per heavy atom. The summed E-state index contributed by atoms with van der Waals surface area (Å²) in [5.74, 6) is -0.0877. The lowest BCUT2D eigenvalue weighted by Crippen LogP contribution is -2.30. The van der Waals surface area contributed by atoms with Crippen molar-refractivity contribution in [1.82, 2.24) is 5.32 Å². The van der Waals surface area contributed by atoms with Gasteiger partial charge in [0.2, 0.25) is 0 Å². The molecule has 4 aromatic carbocycles. The molecule has 40 heavy (non-hydrogen) atoms. The van der Waals surface area contributed by atoms with Gasteiger partial charge in [-0.3, -0.25) is 14.4 Å². The molecule has 4 rings (SSSR count). The van der Waals surface area contributed by atoms with Crippen LogP contribution in [0.15, 0.2) is 114 Å². The number of hydrogen-bond donors (Lipinski definition) is 2. The second kappa shape index (κ2) is 14.2. The number of thioether (sulfide) groups is 1. The minimum absolute atomic E-state index is 0.0740. The van der Waals surface area contributed by atoms with E-state index in [1.165, 1.54) is 11.8 Å². The number of benzene rings is 4. The zero-order valence-corrected chi connectivity index (χ0v) is 23.3. The number of ketones is 1. The summed E-state index contributed by atoms with van der Waals surface area (Å²) < 4.78 is 5.49. The number of Topliss-reactive ketones (excluding diaryl/α,β-unsaturated/α-hetero) is 1. The molecule has 0 bridgehead atoms. The van der Waals surface area contributed by atoms with E-state index in [2.05, 4.69) is 10.6 Å².